The summed E-state index contributed by atoms with van der Waals surface area (Å²) in [6.45, 7) is 0. The van der Waals surface area contributed by atoms with Gasteiger partial charge in [0, 0.05) is 21.1 Å². The van der Waals surface area contributed by atoms with Gasteiger partial charge in [-0.15, -0.1) is 0 Å². The van der Waals surface area contributed by atoms with Crippen LogP contribution in [0.4, 0.5) is 11.9 Å². The molecule has 13 heavy (non-hydrogen) atoms. The number of hydrogen-bond acceptors (Lipinski definition) is 6. The molecule has 0 saturated carbocycles. The Morgan fingerprint density at radius 3 is 2.38 bits per heavy atom. The maximum atomic E-state index is 4.23. The largest absolute Gasteiger partial charge is 0.357 e. The van der Waals surface area contributed by atoms with Crippen molar-refractivity contribution in [3.63, 3.8) is 0 Å². The van der Waals surface area contributed by atoms with Gasteiger partial charge >= 0.3 is 0 Å². The summed E-state index contributed by atoms with van der Waals surface area (Å²) in [7, 11) is 5.59. The third-order valence-corrected chi connectivity index (χ3v) is 1.96. The highest BCUT2D eigenvalue weighted by Crippen LogP contribution is 2.14. The Kier molecular flexibility index (Phi) is 3.30. The summed E-state index contributed by atoms with van der Waals surface area (Å²) >= 11 is 1.50. The Bertz CT molecular complexity index is 266. The number of anilines is 2. The molecule has 0 aliphatic rings. The third-order valence-electron chi connectivity index (χ3n) is 1.41. The summed E-state index contributed by atoms with van der Waals surface area (Å²) < 4.78 is 0. The quantitative estimate of drug-likeness (QED) is 0.723. The topological polar surface area (TPSA) is 53.9 Å². The van der Waals surface area contributed by atoms with Crippen LogP contribution in [0, 0.1) is 0 Å². The standard InChI is InChI=1S/C7H13N5S/c1-8-5-9-6(12(2)3)11-7(10-5)13-4/h1-4H3,(H,8,9,10,11). The fraction of sp³-hybridized carbons (Fsp3) is 0.571. The molecule has 1 aromatic heterocycles. The Balaban J connectivity index is 3.07. The van der Waals surface area contributed by atoms with E-state index in [0.717, 1.165) is 5.16 Å². The van der Waals surface area contributed by atoms with Crippen LogP contribution in [-0.2, 0) is 0 Å². The van der Waals surface area contributed by atoms with Gasteiger partial charge in [0.1, 0.15) is 0 Å². The number of nitrogens with zero attached hydrogens (tertiary/aromatic N) is 4. The lowest BCUT2D eigenvalue weighted by Crippen LogP contribution is -2.14. The SMILES string of the molecule is CNc1nc(SC)nc(N(C)C)n1. The molecule has 0 fully saturated rings. The molecule has 1 aromatic rings. The second-order valence-corrected chi connectivity index (χ2v) is 3.36. The highest BCUT2D eigenvalue weighted by molar-refractivity contribution is 7.98. The van der Waals surface area contributed by atoms with Crippen molar-refractivity contribution < 1.29 is 0 Å². The normalized spacial score (nSPS) is 9.85. The van der Waals surface area contributed by atoms with Crippen LogP contribution in [0.3, 0.4) is 0 Å². The number of hydrogen-bond donors (Lipinski definition) is 1. The zero-order chi connectivity index (χ0) is 9.84. The van der Waals surface area contributed by atoms with E-state index in [1.807, 2.05) is 25.3 Å². The van der Waals surface area contributed by atoms with Crippen molar-refractivity contribution in [3.05, 3.63) is 0 Å². The van der Waals surface area contributed by atoms with Crippen LogP contribution in [0.5, 0.6) is 0 Å². The molecule has 0 saturated heterocycles. The maximum Gasteiger partial charge on any atom is 0.230 e. The lowest BCUT2D eigenvalue weighted by molar-refractivity contribution is 0.872. The summed E-state index contributed by atoms with van der Waals surface area (Å²) in [6, 6.07) is 0. The third kappa shape index (κ3) is 2.45. The van der Waals surface area contributed by atoms with Gasteiger partial charge in [-0.3, -0.25) is 0 Å². The van der Waals surface area contributed by atoms with Crippen LogP contribution in [0.1, 0.15) is 0 Å². The van der Waals surface area contributed by atoms with Gasteiger partial charge in [-0.05, 0) is 6.26 Å². The Hall–Kier alpha value is -1.04. The van der Waals surface area contributed by atoms with Gasteiger partial charge in [-0.25, -0.2) is 0 Å². The minimum absolute atomic E-state index is 0.600. The molecule has 6 heteroatoms. The molecule has 0 aliphatic heterocycles. The Labute approximate surface area is 82.0 Å². The fourth-order valence-corrected chi connectivity index (χ4v) is 1.10. The predicted octanol–water partition coefficient (Wildman–Crippen LogP) is 0.701. The minimum atomic E-state index is 0.600. The van der Waals surface area contributed by atoms with Crippen molar-refractivity contribution in [3.8, 4) is 0 Å². The molecule has 1 rings (SSSR count). The van der Waals surface area contributed by atoms with Crippen molar-refractivity contribution in [1.82, 2.24) is 15.0 Å². The zero-order valence-electron chi connectivity index (χ0n) is 8.20. The molecule has 0 unspecified atom stereocenters. The molecular formula is C7H13N5S. The van der Waals surface area contributed by atoms with Gasteiger partial charge in [0.25, 0.3) is 0 Å². The number of nitrogens with one attached hydrogen (secondary N) is 1. The monoisotopic (exact) mass is 199 g/mol. The maximum absolute atomic E-state index is 4.23. The summed E-state index contributed by atoms with van der Waals surface area (Å²) in [4.78, 5) is 14.4. The predicted molar refractivity (Wildman–Crippen MR) is 55.5 cm³/mol. The van der Waals surface area contributed by atoms with Crippen LogP contribution in [-0.4, -0.2) is 42.4 Å². The van der Waals surface area contributed by atoms with E-state index in [1.165, 1.54) is 11.8 Å². The summed E-state index contributed by atoms with van der Waals surface area (Å²) in [5.41, 5.74) is 0. The van der Waals surface area contributed by atoms with E-state index in [-0.39, 0.29) is 0 Å². The zero-order valence-corrected chi connectivity index (χ0v) is 9.01. The molecule has 0 bridgehead atoms. The van der Waals surface area contributed by atoms with Crippen LogP contribution in [0.15, 0.2) is 5.16 Å². The molecule has 1 heterocycles. The van der Waals surface area contributed by atoms with Gasteiger partial charge in [0.15, 0.2) is 5.16 Å². The minimum Gasteiger partial charge on any atom is -0.357 e. The molecular weight excluding hydrogens is 186 g/mol. The average Bonchev–Trinajstić information content (AvgIpc) is 2.16. The molecule has 5 nitrogen and oxygen atoms in total. The summed E-state index contributed by atoms with van der Waals surface area (Å²) in [5, 5.41) is 3.62. The fourth-order valence-electron chi connectivity index (χ4n) is 0.749. The van der Waals surface area contributed by atoms with E-state index in [9.17, 15) is 0 Å². The van der Waals surface area contributed by atoms with Gasteiger partial charge < -0.3 is 10.2 Å². The molecule has 0 atom stereocenters. The van der Waals surface area contributed by atoms with Crippen LogP contribution in [0.25, 0.3) is 0 Å². The van der Waals surface area contributed by atoms with Gasteiger partial charge in [-0.2, -0.15) is 15.0 Å². The van der Waals surface area contributed by atoms with Crippen LogP contribution < -0.4 is 10.2 Å². The molecule has 0 spiro atoms. The summed E-state index contributed by atoms with van der Waals surface area (Å²) in [5.74, 6) is 1.27. The molecule has 72 valence electrons. The first-order valence-corrected chi connectivity index (χ1v) is 5.05. The Morgan fingerprint density at radius 1 is 1.23 bits per heavy atom. The van der Waals surface area contributed by atoms with Crippen molar-refractivity contribution >= 4 is 23.7 Å². The first-order valence-electron chi connectivity index (χ1n) is 3.82. The van der Waals surface area contributed by atoms with Gasteiger partial charge in [-0.1, -0.05) is 11.8 Å². The van der Waals surface area contributed by atoms with E-state index in [4.69, 9.17) is 0 Å². The lowest BCUT2D eigenvalue weighted by Gasteiger charge is -2.11. The van der Waals surface area contributed by atoms with Crippen molar-refractivity contribution in [2.75, 3.05) is 37.6 Å². The number of rotatable bonds is 3. The second kappa shape index (κ2) is 4.27. The second-order valence-electron chi connectivity index (χ2n) is 2.59. The van der Waals surface area contributed by atoms with E-state index in [2.05, 4.69) is 20.3 Å². The number of thioether (sulfide) groups is 1. The van der Waals surface area contributed by atoms with E-state index < -0.39 is 0 Å². The first kappa shape index (κ1) is 10.0. The van der Waals surface area contributed by atoms with E-state index in [0.29, 0.717) is 11.9 Å². The van der Waals surface area contributed by atoms with Gasteiger partial charge in [0.2, 0.25) is 11.9 Å². The Morgan fingerprint density at radius 2 is 1.92 bits per heavy atom. The van der Waals surface area contributed by atoms with Gasteiger partial charge in [0.05, 0.1) is 0 Å². The van der Waals surface area contributed by atoms with E-state index >= 15 is 0 Å². The van der Waals surface area contributed by atoms with Crippen molar-refractivity contribution in [2.45, 2.75) is 5.16 Å². The smallest absolute Gasteiger partial charge is 0.230 e. The number of aromatic nitrogens is 3. The molecule has 0 aromatic carbocycles. The van der Waals surface area contributed by atoms with Crippen LogP contribution in [0.2, 0.25) is 0 Å². The first-order chi connectivity index (χ1) is 6.17. The average molecular weight is 199 g/mol. The highest BCUT2D eigenvalue weighted by atomic mass is 32.2. The molecule has 0 radical (unpaired) electrons. The van der Waals surface area contributed by atoms with Crippen molar-refractivity contribution in [2.24, 2.45) is 0 Å². The van der Waals surface area contributed by atoms with Crippen molar-refractivity contribution in [1.29, 1.82) is 0 Å². The molecule has 0 amide bonds. The highest BCUT2D eigenvalue weighted by Gasteiger charge is 2.05. The van der Waals surface area contributed by atoms with E-state index in [1.54, 1.807) is 7.05 Å². The summed E-state index contributed by atoms with van der Waals surface area (Å²) in [6.07, 6.45) is 1.94. The molecule has 1 N–H and O–H groups in total. The lowest BCUT2D eigenvalue weighted by atomic mass is 10.8. The molecule has 0 aliphatic carbocycles. The van der Waals surface area contributed by atoms with Crippen LogP contribution >= 0.6 is 11.8 Å².